The Kier molecular flexibility index (Phi) is 6.39. The molecule has 0 saturated carbocycles. The van der Waals surface area contributed by atoms with E-state index in [0.29, 0.717) is 11.3 Å². The molecule has 0 bridgehead atoms. The number of anilines is 1. The summed E-state index contributed by atoms with van der Waals surface area (Å²) in [6.07, 6.45) is -5.34. The number of nitrogens with zero attached hydrogens (tertiary/aromatic N) is 1. The fourth-order valence-corrected chi connectivity index (χ4v) is 2.27. The van der Waals surface area contributed by atoms with Crippen molar-refractivity contribution in [2.24, 2.45) is 5.92 Å². The van der Waals surface area contributed by atoms with Crippen LogP contribution in [0, 0.1) is 19.8 Å². The molecule has 0 aromatic carbocycles. The van der Waals surface area contributed by atoms with Gasteiger partial charge in [-0.15, -0.1) is 0 Å². The van der Waals surface area contributed by atoms with Crippen molar-refractivity contribution in [3.8, 4) is 0 Å². The number of nitrogens with one attached hydrogen (secondary N) is 2. The molecule has 9 heteroatoms. The van der Waals surface area contributed by atoms with Crippen molar-refractivity contribution >= 4 is 17.7 Å². The first-order chi connectivity index (χ1) is 11.4. The maximum atomic E-state index is 13.8. The zero-order valence-electron chi connectivity index (χ0n) is 14.7. The van der Waals surface area contributed by atoms with Gasteiger partial charge in [-0.25, -0.2) is 9.78 Å². The van der Waals surface area contributed by atoms with Gasteiger partial charge in [0.1, 0.15) is 5.82 Å². The molecular weight excluding hydrogens is 339 g/mol. The van der Waals surface area contributed by atoms with Gasteiger partial charge in [0.25, 0.3) is 0 Å². The molecule has 1 heterocycles. The Balaban J connectivity index is 3.38. The highest BCUT2D eigenvalue weighted by Gasteiger charge is 2.63. The maximum absolute atomic E-state index is 13.8. The lowest BCUT2D eigenvalue weighted by Gasteiger charge is -2.35. The minimum atomic E-state index is -5.16. The molecule has 25 heavy (non-hydrogen) atoms. The number of carbonyl (C=O) groups is 2. The number of aromatic nitrogens is 1. The van der Waals surface area contributed by atoms with Gasteiger partial charge < -0.3 is 15.4 Å². The molecule has 1 unspecified atom stereocenters. The molecular formula is C16H22F3N3O3. The van der Waals surface area contributed by atoms with Gasteiger partial charge in [0, 0.05) is 12.1 Å². The van der Waals surface area contributed by atoms with Gasteiger partial charge in [0.15, 0.2) is 0 Å². The molecule has 0 aliphatic heterocycles. The third kappa shape index (κ3) is 5.07. The molecule has 0 spiro atoms. The second-order valence-corrected chi connectivity index (χ2v) is 6.18. The monoisotopic (exact) mass is 361 g/mol. The summed E-state index contributed by atoms with van der Waals surface area (Å²) >= 11 is 0. The highest BCUT2D eigenvalue weighted by molar-refractivity contribution is 5.91. The Morgan fingerprint density at radius 1 is 1.24 bits per heavy atom. The fraction of sp³-hybridized carbons (Fsp3) is 0.562. The summed E-state index contributed by atoms with van der Waals surface area (Å²) in [5.41, 5.74) is -2.33. The number of aryl methyl sites for hydroxylation is 2. The first kappa shape index (κ1) is 20.7. The molecule has 6 nitrogen and oxygen atoms in total. The molecule has 0 saturated heterocycles. The average molecular weight is 361 g/mol. The van der Waals surface area contributed by atoms with Crippen molar-refractivity contribution in [1.29, 1.82) is 0 Å². The van der Waals surface area contributed by atoms with E-state index in [1.807, 2.05) is 5.32 Å². The number of methoxy groups -OCH3 is 1. The third-order valence-electron chi connectivity index (χ3n) is 3.25. The lowest BCUT2D eigenvalue weighted by atomic mass is 10.1. The van der Waals surface area contributed by atoms with Crippen molar-refractivity contribution in [2.45, 2.75) is 46.0 Å². The number of hydrogen-bond acceptors (Lipinski definition) is 5. The standard InChI is InChI=1S/C16H22F3N3O3/c1-9(2)6-13(23)22-15(14(24)25-5,16(17,18)19)21-12-8-10(3)7-11(4)20-12/h7-9H,6H2,1-5H3,(H,20,21)(H,22,23). The third-order valence-corrected chi connectivity index (χ3v) is 3.25. The minimum absolute atomic E-state index is 0.184. The predicted octanol–water partition coefficient (Wildman–Crippen LogP) is 2.70. The van der Waals surface area contributed by atoms with E-state index in [1.54, 1.807) is 39.1 Å². The van der Waals surface area contributed by atoms with Crippen LogP contribution >= 0.6 is 0 Å². The molecule has 1 rings (SSSR count). The van der Waals surface area contributed by atoms with Gasteiger partial charge in [-0.05, 0) is 37.5 Å². The quantitative estimate of drug-likeness (QED) is 0.602. The van der Waals surface area contributed by atoms with E-state index in [2.05, 4.69) is 9.72 Å². The van der Waals surface area contributed by atoms with E-state index in [1.165, 1.54) is 6.07 Å². The van der Waals surface area contributed by atoms with Crippen molar-refractivity contribution in [2.75, 3.05) is 12.4 Å². The van der Waals surface area contributed by atoms with Gasteiger partial charge in [0.05, 0.1) is 7.11 Å². The van der Waals surface area contributed by atoms with E-state index in [9.17, 15) is 22.8 Å². The number of esters is 1. The number of pyridine rings is 1. The van der Waals surface area contributed by atoms with Crippen LogP contribution < -0.4 is 10.6 Å². The number of ether oxygens (including phenoxy) is 1. The van der Waals surface area contributed by atoms with Crippen LogP contribution in [-0.2, 0) is 14.3 Å². The summed E-state index contributed by atoms with van der Waals surface area (Å²) < 4.78 is 45.7. The topological polar surface area (TPSA) is 80.3 Å². The van der Waals surface area contributed by atoms with Gasteiger partial charge in [-0.1, -0.05) is 13.8 Å². The van der Waals surface area contributed by atoms with Crippen LogP contribution in [0.4, 0.5) is 19.0 Å². The second kappa shape index (κ2) is 7.71. The molecule has 0 aliphatic rings. The number of rotatable bonds is 6. The zero-order valence-corrected chi connectivity index (χ0v) is 14.7. The summed E-state index contributed by atoms with van der Waals surface area (Å²) in [5, 5.41) is 3.78. The predicted molar refractivity (Wildman–Crippen MR) is 85.7 cm³/mol. The van der Waals surface area contributed by atoms with Crippen LogP contribution in [0.2, 0.25) is 0 Å². The summed E-state index contributed by atoms with van der Waals surface area (Å²) in [5.74, 6) is -3.01. The Labute approximate surface area is 144 Å². The lowest BCUT2D eigenvalue weighted by Crippen LogP contribution is -2.69. The molecule has 140 valence electrons. The number of amides is 1. The molecule has 1 aromatic rings. The SMILES string of the molecule is COC(=O)C(NC(=O)CC(C)C)(Nc1cc(C)cc(C)n1)C(F)(F)F. The highest BCUT2D eigenvalue weighted by atomic mass is 19.4. The number of alkyl halides is 3. The molecule has 1 aromatic heterocycles. The number of hydrogen-bond donors (Lipinski definition) is 2. The van der Waals surface area contributed by atoms with E-state index in [-0.39, 0.29) is 18.2 Å². The van der Waals surface area contributed by atoms with E-state index in [0.717, 1.165) is 7.11 Å². The normalized spacial score (nSPS) is 14.0. The average Bonchev–Trinajstić information content (AvgIpc) is 2.42. The van der Waals surface area contributed by atoms with Gasteiger partial charge in [0.2, 0.25) is 5.91 Å². The summed E-state index contributed by atoms with van der Waals surface area (Å²) in [4.78, 5) is 28.0. The Morgan fingerprint density at radius 3 is 2.28 bits per heavy atom. The van der Waals surface area contributed by atoms with Crippen LogP contribution in [-0.4, -0.2) is 35.8 Å². The minimum Gasteiger partial charge on any atom is -0.466 e. The first-order valence-corrected chi connectivity index (χ1v) is 7.61. The van der Waals surface area contributed by atoms with Crippen LogP contribution in [0.5, 0.6) is 0 Å². The molecule has 0 radical (unpaired) electrons. The van der Waals surface area contributed by atoms with Crippen molar-refractivity contribution < 1.29 is 27.5 Å². The molecule has 2 N–H and O–H groups in total. The van der Waals surface area contributed by atoms with Crippen molar-refractivity contribution in [1.82, 2.24) is 10.3 Å². The summed E-state index contributed by atoms with van der Waals surface area (Å²) in [7, 11) is 0.814. The Morgan fingerprint density at radius 2 is 1.84 bits per heavy atom. The summed E-state index contributed by atoms with van der Waals surface area (Å²) in [6.45, 7) is 6.62. The highest BCUT2D eigenvalue weighted by Crippen LogP contribution is 2.33. The van der Waals surface area contributed by atoms with Gasteiger partial charge in [-0.2, -0.15) is 13.2 Å². The van der Waals surface area contributed by atoms with E-state index >= 15 is 0 Å². The van der Waals surface area contributed by atoms with Crippen LogP contribution in [0.3, 0.4) is 0 Å². The Hall–Kier alpha value is -2.32. The van der Waals surface area contributed by atoms with E-state index < -0.39 is 23.7 Å². The Bertz CT molecular complexity index is 627. The largest absolute Gasteiger partial charge is 0.466 e. The van der Waals surface area contributed by atoms with Crippen LogP contribution in [0.1, 0.15) is 31.5 Å². The molecule has 1 amide bonds. The van der Waals surface area contributed by atoms with Gasteiger partial charge >= 0.3 is 17.8 Å². The van der Waals surface area contributed by atoms with Crippen LogP contribution in [0.25, 0.3) is 0 Å². The second-order valence-electron chi connectivity index (χ2n) is 6.18. The van der Waals surface area contributed by atoms with E-state index in [4.69, 9.17) is 0 Å². The summed E-state index contributed by atoms with van der Waals surface area (Å²) in [6, 6.07) is 3.00. The van der Waals surface area contributed by atoms with Crippen molar-refractivity contribution in [3.63, 3.8) is 0 Å². The maximum Gasteiger partial charge on any atom is 0.441 e. The molecule has 1 atom stereocenters. The smallest absolute Gasteiger partial charge is 0.441 e. The van der Waals surface area contributed by atoms with Crippen LogP contribution in [0.15, 0.2) is 12.1 Å². The number of halogens is 3. The first-order valence-electron chi connectivity index (χ1n) is 7.61. The van der Waals surface area contributed by atoms with Gasteiger partial charge in [-0.3, -0.25) is 4.79 Å². The zero-order chi connectivity index (χ0) is 19.4. The lowest BCUT2D eigenvalue weighted by molar-refractivity contribution is -0.206. The van der Waals surface area contributed by atoms with Crippen molar-refractivity contribution in [3.05, 3.63) is 23.4 Å². The molecule has 0 fully saturated rings. The number of carbonyl (C=O) groups excluding carboxylic acids is 2. The fourth-order valence-electron chi connectivity index (χ4n) is 2.27. The molecule has 0 aliphatic carbocycles.